The topological polar surface area (TPSA) is 99.5 Å². The molecule has 32 heavy (non-hydrogen) atoms. The Morgan fingerprint density at radius 1 is 1.31 bits per heavy atom. The van der Waals surface area contributed by atoms with Gasteiger partial charge in [-0.05, 0) is 44.4 Å². The monoisotopic (exact) mass is 475 g/mol. The minimum Gasteiger partial charge on any atom is -0.495 e. The van der Waals surface area contributed by atoms with Crippen LogP contribution in [0.1, 0.15) is 40.0 Å². The summed E-state index contributed by atoms with van der Waals surface area (Å²) in [6.45, 7) is 5.62. The normalized spacial score (nSPS) is 13.7. The molecule has 1 aromatic carbocycles. The summed E-state index contributed by atoms with van der Waals surface area (Å²) in [5, 5.41) is 3.65. The van der Waals surface area contributed by atoms with Gasteiger partial charge in [0.05, 0.1) is 18.2 Å². The molecule has 2 aromatic heterocycles. The van der Waals surface area contributed by atoms with Gasteiger partial charge >= 0.3 is 5.97 Å². The van der Waals surface area contributed by atoms with Crippen molar-refractivity contribution in [1.29, 1.82) is 0 Å². The molecular formula is C22H22ClN3O5S. The predicted molar refractivity (Wildman–Crippen MR) is 123 cm³/mol. The average molecular weight is 476 g/mol. The molecule has 0 spiro atoms. The van der Waals surface area contributed by atoms with E-state index in [0.29, 0.717) is 38.8 Å². The number of methoxy groups -OCH3 is 1. The highest BCUT2D eigenvalue weighted by molar-refractivity contribution is 7.20. The maximum atomic E-state index is 12.8. The number of halogens is 1. The number of fused-ring (bicyclic) bond motifs is 2. The largest absolute Gasteiger partial charge is 0.495 e. The summed E-state index contributed by atoms with van der Waals surface area (Å²) in [7, 11) is 1.47. The van der Waals surface area contributed by atoms with Gasteiger partial charge in [-0.15, -0.1) is 11.3 Å². The summed E-state index contributed by atoms with van der Waals surface area (Å²) in [6.07, 6.45) is 0.553. The van der Waals surface area contributed by atoms with Crippen molar-refractivity contribution in [1.82, 2.24) is 9.55 Å². The average Bonchev–Trinajstić information content (AvgIpc) is 3.35. The molecule has 10 heteroatoms. The Bertz CT molecular complexity index is 1310. The molecule has 0 fully saturated rings. The number of thiophene rings is 1. The lowest BCUT2D eigenvalue weighted by Gasteiger charge is -2.16. The molecule has 0 aliphatic carbocycles. The van der Waals surface area contributed by atoms with Gasteiger partial charge in [0.1, 0.15) is 21.3 Å². The third kappa shape index (κ3) is 3.86. The number of esters is 1. The molecular weight excluding hydrogens is 454 g/mol. The number of nitrogens with one attached hydrogen (secondary N) is 1. The molecule has 1 atom stereocenters. The van der Waals surface area contributed by atoms with E-state index in [1.165, 1.54) is 14.0 Å². The van der Waals surface area contributed by atoms with Gasteiger partial charge in [-0.25, -0.2) is 9.78 Å². The SMILES string of the molecule is COc1cc(Cl)c(C)cc1NC(=O)C(C)OC(=O)c1sc2nc3n(c(=O)c2c1C)CCC3. The molecule has 3 aromatic rings. The van der Waals surface area contributed by atoms with Crippen molar-refractivity contribution in [2.24, 2.45) is 0 Å². The van der Waals surface area contributed by atoms with Gasteiger partial charge in [-0.1, -0.05) is 11.6 Å². The summed E-state index contributed by atoms with van der Waals surface area (Å²) in [5.41, 5.74) is 1.58. The Morgan fingerprint density at radius 3 is 2.78 bits per heavy atom. The second kappa shape index (κ2) is 8.55. The van der Waals surface area contributed by atoms with E-state index in [0.717, 1.165) is 35.6 Å². The molecule has 168 valence electrons. The van der Waals surface area contributed by atoms with Crippen LogP contribution >= 0.6 is 22.9 Å². The van der Waals surface area contributed by atoms with Crippen LogP contribution in [0.25, 0.3) is 10.2 Å². The van der Waals surface area contributed by atoms with Crippen LogP contribution in [0.3, 0.4) is 0 Å². The van der Waals surface area contributed by atoms with E-state index in [4.69, 9.17) is 21.1 Å². The van der Waals surface area contributed by atoms with Gasteiger partial charge in [-0.3, -0.25) is 14.2 Å². The Balaban J connectivity index is 1.54. The number of anilines is 1. The molecule has 1 amide bonds. The van der Waals surface area contributed by atoms with E-state index in [2.05, 4.69) is 10.3 Å². The Kier molecular flexibility index (Phi) is 5.96. The second-order valence-corrected chi connectivity index (χ2v) is 9.07. The van der Waals surface area contributed by atoms with Crippen molar-refractivity contribution >= 4 is 50.7 Å². The van der Waals surface area contributed by atoms with E-state index < -0.39 is 18.0 Å². The van der Waals surface area contributed by atoms with Gasteiger partial charge in [0, 0.05) is 24.1 Å². The van der Waals surface area contributed by atoms with Crippen LogP contribution in [-0.2, 0) is 22.5 Å². The maximum absolute atomic E-state index is 12.8. The van der Waals surface area contributed by atoms with Crippen LogP contribution in [0.2, 0.25) is 5.02 Å². The first-order valence-corrected chi connectivity index (χ1v) is 11.3. The van der Waals surface area contributed by atoms with Gasteiger partial charge in [0.2, 0.25) is 0 Å². The molecule has 8 nitrogen and oxygen atoms in total. The molecule has 0 saturated carbocycles. The molecule has 1 aliphatic rings. The van der Waals surface area contributed by atoms with Crippen molar-refractivity contribution in [3.63, 3.8) is 0 Å². The highest BCUT2D eigenvalue weighted by Crippen LogP contribution is 2.32. The number of nitrogens with zero attached hydrogens (tertiary/aromatic N) is 2. The van der Waals surface area contributed by atoms with Crippen LogP contribution in [0.5, 0.6) is 5.75 Å². The van der Waals surface area contributed by atoms with Crippen molar-refractivity contribution in [3.8, 4) is 5.75 Å². The van der Waals surface area contributed by atoms with Crippen LogP contribution in [0.4, 0.5) is 5.69 Å². The molecule has 0 bridgehead atoms. The number of amides is 1. The third-order valence-electron chi connectivity index (χ3n) is 5.49. The van der Waals surface area contributed by atoms with Crippen molar-refractivity contribution < 1.29 is 19.1 Å². The van der Waals surface area contributed by atoms with Crippen LogP contribution in [0.15, 0.2) is 16.9 Å². The molecule has 0 radical (unpaired) electrons. The van der Waals surface area contributed by atoms with Gasteiger partial charge in [0.15, 0.2) is 6.10 Å². The zero-order valence-electron chi connectivity index (χ0n) is 18.1. The number of rotatable bonds is 5. The minimum absolute atomic E-state index is 0.133. The lowest BCUT2D eigenvalue weighted by atomic mass is 10.2. The van der Waals surface area contributed by atoms with Crippen molar-refractivity contribution in [2.45, 2.75) is 46.3 Å². The summed E-state index contributed by atoms with van der Waals surface area (Å²) >= 11 is 7.22. The highest BCUT2D eigenvalue weighted by atomic mass is 35.5. The Hall–Kier alpha value is -2.91. The lowest BCUT2D eigenvalue weighted by molar-refractivity contribution is -0.123. The van der Waals surface area contributed by atoms with E-state index in [1.54, 1.807) is 30.5 Å². The molecule has 4 rings (SSSR count). The third-order valence-corrected chi connectivity index (χ3v) is 7.06. The number of ether oxygens (including phenoxy) is 2. The number of aromatic nitrogens is 2. The number of hydrogen-bond acceptors (Lipinski definition) is 7. The van der Waals surface area contributed by atoms with E-state index in [1.807, 2.05) is 0 Å². The fourth-order valence-corrected chi connectivity index (χ4v) is 4.93. The Morgan fingerprint density at radius 2 is 2.06 bits per heavy atom. The van der Waals surface area contributed by atoms with E-state index in [9.17, 15) is 14.4 Å². The van der Waals surface area contributed by atoms with Crippen LogP contribution < -0.4 is 15.6 Å². The maximum Gasteiger partial charge on any atom is 0.349 e. The number of carbonyl (C=O) groups excluding carboxylic acids is 2. The van der Waals surface area contributed by atoms with Crippen LogP contribution in [-0.4, -0.2) is 34.6 Å². The number of benzene rings is 1. The zero-order chi connectivity index (χ0) is 23.2. The second-order valence-electron chi connectivity index (χ2n) is 7.66. The number of hydrogen-bond donors (Lipinski definition) is 1. The standard InChI is InChI=1S/C22H22ClN3O5S/c1-10-8-14(15(30-4)9-13(10)23)24-19(27)12(3)31-22(29)18-11(2)17-20(32-18)25-16-6-5-7-26(16)21(17)28/h8-9,12H,5-7H2,1-4H3,(H,24,27). The predicted octanol–water partition coefficient (Wildman–Crippen LogP) is 3.87. The zero-order valence-corrected chi connectivity index (χ0v) is 19.6. The van der Waals surface area contributed by atoms with Gasteiger partial charge in [-0.2, -0.15) is 0 Å². The minimum atomic E-state index is -1.08. The fourth-order valence-electron chi connectivity index (χ4n) is 3.70. The molecule has 1 unspecified atom stereocenters. The summed E-state index contributed by atoms with van der Waals surface area (Å²) in [5.74, 6) is -0.0534. The summed E-state index contributed by atoms with van der Waals surface area (Å²) in [6, 6.07) is 3.29. The van der Waals surface area contributed by atoms with Crippen molar-refractivity contribution in [3.05, 3.63) is 49.3 Å². The molecule has 0 saturated heterocycles. The van der Waals surface area contributed by atoms with E-state index in [-0.39, 0.29) is 10.4 Å². The molecule has 3 heterocycles. The van der Waals surface area contributed by atoms with E-state index >= 15 is 0 Å². The highest BCUT2D eigenvalue weighted by Gasteiger charge is 2.27. The van der Waals surface area contributed by atoms with Gasteiger partial charge < -0.3 is 14.8 Å². The van der Waals surface area contributed by atoms with Crippen LogP contribution in [0, 0.1) is 13.8 Å². The van der Waals surface area contributed by atoms with Gasteiger partial charge in [0.25, 0.3) is 11.5 Å². The fraction of sp³-hybridized carbons (Fsp3) is 0.364. The first-order valence-electron chi connectivity index (χ1n) is 10.1. The lowest BCUT2D eigenvalue weighted by Crippen LogP contribution is -2.30. The quantitative estimate of drug-likeness (QED) is 0.562. The first-order chi connectivity index (χ1) is 15.2. The molecule has 1 N–H and O–H groups in total. The first kappa shape index (κ1) is 22.3. The van der Waals surface area contributed by atoms with Crippen molar-refractivity contribution in [2.75, 3.05) is 12.4 Å². The summed E-state index contributed by atoms with van der Waals surface area (Å²) < 4.78 is 12.3. The molecule has 1 aliphatic heterocycles. The summed E-state index contributed by atoms with van der Waals surface area (Å²) in [4.78, 5) is 43.6. The number of carbonyl (C=O) groups is 2. The smallest absolute Gasteiger partial charge is 0.349 e. The number of aryl methyl sites for hydroxylation is 3. The Labute approximate surface area is 193 Å².